The molecule has 0 saturated carbocycles. The monoisotopic (exact) mass is 343 g/mol. The molecule has 128 valence electrons. The number of carbonyl (C=O) groups is 1. The Bertz CT molecular complexity index is 697. The fourth-order valence-electron chi connectivity index (χ4n) is 3.40. The van der Waals surface area contributed by atoms with Crippen molar-refractivity contribution in [2.75, 3.05) is 26.2 Å². The summed E-state index contributed by atoms with van der Waals surface area (Å²) in [5.74, 6) is 0.690. The van der Waals surface area contributed by atoms with Gasteiger partial charge in [-0.1, -0.05) is 24.3 Å². The average Bonchev–Trinajstić information content (AvgIpc) is 3.17. The second-order valence-electron chi connectivity index (χ2n) is 6.53. The van der Waals surface area contributed by atoms with E-state index in [4.69, 9.17) is 0 Å². The molecule has 1 aromatic heterocycles. The summed E-state index contributed by atoms with van der Waals surface area (Å²) in [7, 11) is 0. The van der Waals surface area contributed by atoms with Gasteiger partial charge in [-0.2, -0.15) is 0 Å². The largest absolute Gasteiger partial charge is 0.354 e. The molecule has 1 unspecified atom stereocenters. The number of thiazole rings is 1. The van der Waals surface area contributed by atoms with Crippen LogP contribution in [0.5, 0.6) is 0 Å². The Morgan fingerprint density at radius 1 is 1.38 bits per heavy atom. The van der Waals surface area contributed by atoms with Crippen LogP contribution in [0.4, 0.5) is 0 Å². The van der Waals surface area contributed by atoms with Gasteiger partial charge in [-0.15, -0.1) is 11.3 Å². The van der Waals surface area contributed by atoms with Gasteiger partial charge in [-0.25, -0.2) is 4.98 Å². The first-order valence-corrected chi connectivity index (χ1v) is 9.45. The third kappa shape index (κ3) is 4.42. The van der Waals surface area contributed by atoms with Crippen LogP contribution >= 0.6 is 11.3 Å². The van der Waals surface area contributed by atoms with Crippen molar-refractivity contribution < 1.29 is 4.79 Å². The van der Waals surface area contributed by atoms with Crippen molar-refractivity contribution in [3.8, 4) is 0 Å². The van der Waals surface area contributed by atoms with Crippen molar-refractivity contribution in [1.82, 2.24) is 15.2 Å². The SMILES string of the molecule is Cc1nc(CC(=O)NCCN2CCC(c3ccccc3C)C2)cs1. The minimum atomic E-state index is 0.0648. The maximum Gasteiger partial charge on any atom is 0.226 e. The van der Waals surface area contributed by atoms with Gasteiger partial charge in [0.1, 0.15) is 0 Å². The molecule has 3 rings (SSSR count). The van der Waals surface area contributed by atoms with E-state index in [9.17, 15) is 4.79 Å². The Hall–Kier alpha value is -1.72. The molecule has 4 nitrogen and oxygen atoms in total. The van der Waals surface area contributed by atoms with Crippen molar-refractivity contribution >= 4 is 17.2 Å². The molecule has 0 aliphatic carbocycles. The molecule has 0 radical (unpaired) electrons. The number of amides is 1. The Morgan fingerprint density at radius 3 is 2.96 bits per heavy atom. The fourth-order valence-corrected chi connectivity index (χ4v) is 4.02. The van der Waals surface area contributed by atoms with E-state index >= 15 is 0 Å². The summed E-state index contributed by atoms with van der Waals surface area (Å²) >= 11 is 1.59. The van der Waals surface area contributed by atoms with Gasteiger partial charge in [0, 0.05) is 25.0 Å². The van der Waals surface area contributed by atoms with Crippen LogP contribution in [0.2, 0.25) is 0 Å². The number of benzene rings is 1. The second kappa shape index (κ2) is 7.90. The van der Waals surface area contributed by atoms with Crippen LogP contribution in [0.1, 0.15) is 34.2 Å². The molecule has 1 aliphatic heterocycles. The first kappa shape index (κ1) is 17.1. The molecule has 24 heavy (non-hydrogen) atoms. The summed E-state index contributed by atoms with van der Waals surface area (Å²) in [5.41, 5.74) is 3.73. The predicted molar refractivity (Wildman–Crippen MR) is 98.5 cm³/mol. The van der Waals surface area contributed by atoms with E-state index in [1.165, 1.54) is 17.5 Å². The number of likely N-dealkylation sites (tertiary alicyclic amines) is 1. The van der Waals surface area contributed by atoms with Gasteiger partial charge >= 0.3 is 0 Å². The van der Waals surface area contributed by atoms with Gasteiger partial charge in [0.2, 0.25) is 5.91 Å². The number of carbonyl (C=O) groups excluding carboxylic acids is 1. The number of hydrogen-bond acceptors (Lipinski definition) is 4. The predicted octanol–water partition coefficient (Wildman–Crippen LogP) is 2.91. The topological polar surface area (TPSA) is 45.2 Å². The lowest BCUT2D eigenvalue weighted by atomic mass is 9.94. The third-order valence-corrected chi connectivity index (χ3v) is 5.48. The highest BCUT2D eigenvalue weighted by Crippen LogP contribution is 2.28. The molecular weight excluding hydrogens is 318 g/mol. The van der Waals surface area contributed by atoms with Crippen molar-refractivity contribution in [2.24, 2.45) is 0 Å². The maximum atomic E-state index is 12.0. The van der Waals surface area contributed by atoms with Crippen LogP contribution in [0, 0.1) is 13.8 Å². The van der Waals surface area contributed by atoms with Crippen LogP contribution in [-0.2, 0) is 11.2 Å². The molecule has 2 aromatic rings. The minimum absolute atomic E-state index is 0.0648. The summed E-state index contributed by atoms with van der Waals surface area (Å²) in [6.07, 6.45) is 1.59. The Balaban J connectivity index is 1.40. The van der Waals surface area contributed by atoms with Gasteiger partial charge < -0.3 is 10.2 Å². The molecule has 1 amide bonds. The second-order valence-corrected chi connectivity index (χ2v) is 7.59. The molecule has 1 fully saturated rings. The standard InChI is InChI=1S/C19H25N3OS/c1-14-5-3-4-6-18(14)16-7-9-22(12-16)10-8-20-19(23)11-17-13-24-15(2)21-17/h3-6,13,16H,7-12H2,1-2H3,(H,20,23). The lowest BCUT2D eigenvalue weighted by Crippen LogP contribution is -2.34. The lowest BCUT2D eigenvalue weighted by Gasteiger charge is -2.17. The van der Waals surface area contributed by atoms with E-state index in [-0.39, 0.29) is 5.91 Å². The normalized spacial score (nSPS) is 18.0. The van der Waals surface area contributed by atoms with Crippen LogP contribution in [-0.4, -0.2) is 42.0 Å². The van der Waals surface area contributed by atoms with E-state index in [0.717, 1.165) is 30.3 Å². The van der Waals surface area contributed by atoms with Gasteiger partial charge in [-0.05, 0) is 43.9 Å². The maximum absolute atomic E-state index is 12.0. The minimum Gasteiger partial charge on any atom is -0.354 e. The van der Waals surface area contributed by atoms with E-state index in [1.807, 2.05) is 12.3 Å². The Labute approximate surface area is 147 Å². The molecule has 1 saturated heterocycles. The molecular formula is C19H25N3OS. The smallest absolute Gasteiger partial charge is 0.226 e. The number of nitrogens with zero attached hydrogens (tertiary/aromatic N) is 2. The number of aromatic nitrogens is 1. The van der Waals surface area contributed by atoms with Crippen LogP contribution in [0.3, 0.4) is 0 Å². The van der Waals surface area contributed by atoms with Gasteiger partial charge in [-0.3, -0.25) is 4.79 Å². The number of nitrogens with one attached hydrogen (secondary N) is 1. The highest BCUT2D eigenvalue weighted by atomic mass is 32.1. The lowest BCUT2D eigenvalue weighted by molar-refractivity contribution is -0.120. The zero-order chi connectivity index (χ0) is 16.9. The Kier molecular flexibility index (Phi) is 5.63. The molecule has 1 N–H and O–H groups in total. The molecule has 1 atom stereocenters. The summed E-state index contributed by atoms with van der Waals surface area (Å²) in [6, 6.07) is 8.68. The first-order valence-electron chi connectivity index (χ1n) is 8.57. The quantitative estimate of drug-likeness (QED) is 0.877. The van der Waals surface area contributed by atoms with Gasteiger partial charge in [0.25, 0.3) is 0 Å². The zero-order valence-corrected chi connectivity index (χ0v) is 15.2. The number of aryl methyl sites for hydroxylation is 2. The molecule has 1 aliphatic rings. The van der Waals surface area contributed by atoms with Crippen molar-refractivity contribution in [3.63, 3.8) is 0 Å². The van der Waals surface area contributed by atoms with Crippen LogP contribution < -0.4 is 5.32 Å². The van der Waals surface area contributed by atoms with E-state index in [2.05, 4.69) is 46.4 Å². The van der Waals surface area contributed by atoms with E-state index in [1.54, 1.807) is 11.3 Å². The molecule has 2 heterocycles. The summed E-state index contributed by atoms with van der Waals surface area (Å²) in [4.78, 5) is 18.7. The average molecular weight is 343 g/mol. The molecule has 1 aromatic carbocycles. The third-order valence-electron chi connectivity index (χ3n) is 4.66. The summed E-state index contributed by atoms with van der Waals surface area (Å²) in [6.45, 7) is 7.99. The molecule has 5 heteroatoms. The molecule has 0 spiro atoms. The highest BCUT2D eigenvalue weighted by molar-refractivity contribution is 7.09. The van der Waals surface area contributed by atoms with E-state index < -0.39 is 0 Å². The first-order chi connectivity index (χ1) is 11.6. The van der Waals surface area contributed by atoms with E-state index in [0.29, 0.717) is 18.9 Å². The number of rotatable bonds is 6. The highest BCUT2D eigenvalue weighted by Gasteiger charge is 2.24. The van der Waals surface area contributed by atoms with Crippen molar-refractivity contribution in [2.45, 2.75) is 32.6 Å². The molecule has 0 bridgehead atoms. The van der Waals surface area contributed by atoms with Crippen LogP contribution in [0.25, 0.3) is 0 Å². The van der Waals surface area contributed by atoms with Crippen LogP contribution in [0.15, 0.2) is 29.6 Å². The summed E-state index contributed by atoms with van der Waals surface area (Å²) < 4.78 is 0. The number of hydrogen-bond donors (Lipinski definition) is 1. The van der Waals surface area contributed by atoms with Gasteiger partial charge in [0.05, 0.1) is 17.1 Å². The Morgan fingerprint density at radius 2 is 2.21 bits per heavy atom. The fraction of sp³-hybridized carbons (Fsp3) is 0.474. The van der Waals surface area contributed by atoms with Crippen molar-refractivity contribution in [3.05, 3.63) is 51.5 Å². The van der Waals surface area contributed by atoms with Gasteiger partial charge in [0.15, 0.2) is 0 Å². The zero-order valence-electron chi connectivity index (χ0n) is 14.4. The summed E-state index contributed by atoms with van der Waals surface area (Å²) in [5, 5.41) is 5.99. The van der Waals surface area contributed by atoms with Crippen molar-refractivity contribution in [1.29, 1.82) is 0 Å².